The molecule has 0 aromatic carbocycles. The number of aliphatic hydroxyl groups is 2. The van der Waals surface area contributed by atoms with Gasteiger partial charge in [0.25, 0.3) is 11.2 Å². The van der Waals surface area contributed by atoms with Crippen molar-refractivity contribution in [2.75, 3.05) is 0 Å². The van der Waals surface area contributed by atoms with Gasteiger partial charge in [0.2, 0.25) is 0 Å². The Hall–Kier alpha value is -1.45. The predicted molar refractivity (Wildman–Crippen MR) is 112 cm³/mol. The standard InChI is InChI=1S/C23H32F12O4/c1-11(2)17(6,10-16(3,4)5)15(36)39-14-8-12(18(37,20(24,25)26)21(27,28)29)7-13(9-14)19(38,22(30,31)32)23(33,34)35/h11-14,37-38H,7-10H2,1-6H3. The summed E-state index contributed by atoms with van der Waals surface area (Å²) in [4.78, 5) is 13.1. The maximum atomic E-state index is 13.6. The maximum Gasteiger partial charge on any atom is 0.426 e. The van der Waals surface area contributed by atoms with E-state index in [-0.39, 0.29) is 6.42 Å². The molecule has 3 atom stereocenters. The number of alkyl halides is 12. The fourth-order valence-electron chi connectivity index (χ4n) is 5.19. The topological polar surface area (TPSA) is 66.8 Å². The van der Waals surface area contributed by atoms with E-state index in [4.69, 9.17) is 4.74 Å². The summed E-state index contributed by atoms with van der Waals surface area (Å²) in [6.07, 6.45) is -34.1. The van der Waals surface area contributed by atoms with Crippen molar-refractivity contribution in [2.24, 2.45) is 28.6 Å². The molecule has 0 heterocycles. The molecule has 0 aromatic heterocycles. The molecular weight excluding hydrogens is 568 g/mol. The summed E-state index contributed by atoms with van der Waals surface area (Å²) in [5.74, 6) is -8.65. The lowest BCUT2D eigenvalue weighted by Crippen LogP contribution is -2.67. The molecule has 0 saturated heterocycles. The molecule has 1 aliphatic rings. The van der Waals surface area contributed by atoms with Crippen LogP contribution in [0.5, 0.6) is 0 Å². The van der Waals surface area contributed by atoms with Crippen molar-refractivity contribution in [2.45, 2.75) is 109 Å². The van der Waals surface area contributed by atoms with E-state index in [9.17, 15) is 67.7 Å². The van der Waals surface area contributed by atoms with Crippen LogP contribution in [0.2, 0.25) is 0 Å². The second-order valence-electron chi connectivity index (χ2n) is 12.0. The van der Waals surface area contributed by atoms with Crippen molar-refractivity contribution in [3.8, 4) is 0 Å². The first-order valence-corrected chi connectivity index (χ1v) is 11.8. The summed E-state index contributed by atoms with van der Waals surface area (Å²) in [7, 11) is 0. The third kappa shape index (κ3) is 6.72. The number of halogens is 12. The number of carbonyl (C=O) groups is 1. The van der Waals surface area contributed by atoms with Gasteiger partial charge in [0.05, 0.1) is 5.41 Å². The lowest BCUT2D eigenvalue weighted by molar-refractivity contribution is -0.405. The van der Waals surface area contributed by atoms with Gasteiger partial charge in [0.1, 0.15) is 6.10 Å². The molecule has 4 nitrogen and oxygen atoms in total. The second-order valence-corrected chi connectivity index (χ2v) is 12.0. The van der Waals surface area contributed by atoms with E-state index in [2.05, 4.69) is 0 Å². The molecule has 2 N–H and O–H groups in total. The molecule has 0 aliphatic heterocycles. The highest BCUT2D eigenvalue weighted by atomic mass is 19.4. The first kappa shape index (κ1) is 35.6. The zero-order chi connectivity index (χ0) is 31.4. The molecular formula is C23H32F12O4. The van der Waals surface area contributed by atoms with E-state index in [1.165, 1.54) is 20.8 Å². The number of hydrogen-bond acceptors (Lipinski definition) is 4. The van der Waals surface area contributed by atoms with Crippen LogP contribution < -0.4 is 0 Å². The van der Waals surface area contributed by atoms with Gasteiger partial charge in [0.15, 0.2) is 0 Å². The Morgan fingerprint density at radius 2 is 1.00 bits per heavy atom. The zero-order valence-corrected chi connectivity index (χ0v) is 21.9. The van der Waals surface area contributed by atoms with Crippen LogP contribution in [0.3, 0.4) is 0 Å². The summed E-state index contributed by atoms with van der Waals surface area (Å²) >= 11 is 0. The highest BCUT2D eigenvalue weighted by molar-refractivity contribution is 5.77. The highest BCUT2D eigenvalue weighted by Crippen LogP contribution is 2.58. The van der Waals surface area contributed by atoms with Gasteiger partial charge in [-0.2, -0.15) is 52.7 Å². The van der Waals surface area contributed by atoms with E-state index in [0.717, 1.165) is 0 Å². The molecule has 232 valence electrons. The molecule has 0 amide bonds. The molecule has 0 aromatic rings. The third-order valence-corrected chi connectivity index (χ3v) is 7.49. The largest absolute Gasteiger partial charge is 0.462 e. The fourth-order valence-corrected chi connectivity index (χ4v) is 5.19. The van der Waals surface area contributed by atoms with Gasteiger partial charge < -0.3 is 14.9 Å². The van der Waals surface area contributed by atoms with Crippen LogP contribution >= 0.6 is 0 Å². The van der Waals surface area contributed by atoms with Crippen LogP contribution in [-0.4, -0.2) is 58.2 Å². The Balaban J connectivity index is 3.75. The third-order valence-electron chi connectivity index (χ3n) is 7.49. The lowest BCUT2D eigenvalue weighted by Gasteiger charge is -2.49. The van der Waals surface area contributed by atoms with Crippen LogP contribution in [-0.2, 0) is 9.53 Å². The molecule has 3 unspecified atom stereocenters. The zero-order valence-electron chi connectivity index (χ0n) is 21.9. The average Bonchev–Trinajstić information content (AvgIpc) is 2.67. The predicted octanol–water partition coefficient (Wildman–Crippen LogP) is 7.12. The van der Waals surface area contributed by atoms with Gasteiger partial charge in [-0.15, -0.1) is 0 Å². The number of carbonyl (C=O) groups excluding carboxylic acids is 1. The molecule has 39 heavy (non-hydrogen) atoms. The highest BCUT2D eigenvalue weighted by Gasteiger charge is 2.78. The second kappa shape index (κ2) is 10.4. The number of ether oxygens (including phenoxy) is 1. The number of rotatable bonds is 6. The molecule has 0 bridgehead atoms. The van der Waals surface area contributed by atoms with Gasteiger partial charge in [-0.25, -0.2) is 0 Å². The first-order valence-electron chi connectivity index (χ1n) is 11.8. The minimum atomic E-state index is -6.60. The van der Waals surface area contributed by atoms with Gasteiger partial charge in [-0.3, -0.25) is 4.79 Å². The smallest absolute Gasteiger partial charge is 0.426 e. The van der Waals surface area contributed by atoms with Gasteiger partial charge in [-0.05, 0) is 43.9 Å². The van der Waals surface area contributed by atoms with Crippen molar-refractivity contribution < 1.29 is 72.4 Å². The molecule has 1 aliphatic carbocycles. The van der Waals surface area contributed by atoms with Crippen LogP contribution in [0.4, 0.5) is 52.7 Å². The minimum Gasteiger partial charge on any atom is -0.462 e. The average molecular weight is 600 g/mol. The van der Waals surface area contributed by atoms with E-state index in [1.54, 1.807) is 20.8 Å². The number of hydrogen-bond donors (Lipinski definition) is 2. The van der Waals surface area contributed by atoms with E-state index in [1.807, 2.05) is 0 Å². The summed E-state index contributed by atoms with van der Waals surface area (Å²) in [5.41, 5.74) is -13.7. The van der Waals surface area contributed by atoms with Gasteiger partial charge >= 0.3 is 30.7 Å². The Bertz CT molecular complexity index is 793. The summed E-state index contributed by atoms with van der Waals surface area (Å²) in [6.45, 7) is 9.37. The van der Waals surface area contributed by atoms with E-state index >= 15 is 0 Å². The Kier molecular flexibility index (Phi) is 9.51. The number of esters is 1. The van der Waals surface area contributed by atoms with Crippen molar-refractivity contribution >= 4 is 5.97 Å². The fraction of sp³-hybridized carbons (Fsp3) is 0.957. The maximum absolute atomic E-state index is 13.6. The quantitative estimate of drug-likeness (QED) is 0.252. The van der Waals surface area contributed by atoms with Crippen LogP contribution in [0.15, 0.2) is 0 Å². The summed E-state index contributed by atoms with van der Waals surface area (Å²) < 4.78 is 168. The molecule has 0 radical (unpaired) electrons. The first-order chi connectivity index (χ1) is 16.9. The molecule has 0 spiro atoms. The summed E-state index contributed by atoms with van der Waals surface area (Å²) in [5, 5.41) is 19.6. The minimum absolute atomic E-state index is 0.0140. The van der Waals surface area contributed by atoms with E-state index in [0.29, 0.717) is 0 Å². The van der Waals surface area contributed by atoms with Crippen molar-refractivity contribution in [3.05, 3.63) is 0 Å². The summed E-state index contributed by atoms with van der Waals surface area (Å²) in [6, 6.07) is 0. The molecule has 16 heteroatoms. The monoisotopic (exact) mass is 600 g/mol. The Morgan fingerprint density at radius 1 is 0.692 bits per heavy atom. The molecule has 1 saturated carbocycles. The van der Waals surface area contributed by atoms with Crippen molar-refractivity contribution in [1.29, 1.82) is 0 Å². The lowest BCUT2D eigenvalue weighted by atomic mass is 9.65. The molecule has 1 rings (SSSR count). The van der Waals surface area contributed by atoms with Crippen LogP contribution in [0.1, 0.15) is 67.2 Å². The van der Waals surface area contributed by atoms with Crippen molar-refractivity contribution in [1.82, 2.24) is 0 Å². The van der Waals surface area contributed by atoms with Gasteiger partial charge in [0, 0.05) is 11.8 Å². The molecule has 1 fully saturated rings. The van der Waals surface area contributed by atoms with Crippen LogP contribution in [0, 0.1) is 28.6 Å². The van der Waals surface area contributed by atoms with Crippen molar-refractivity contribution in [3.63, 3.8) is 0 Å². The normalized spacial score (nSPS) is 24.5. The van der Waals surface area contributed by atoms with E-state index < -0.39 is 95.8 Å². The Morgan fingerprint density at radius 3 is 1.23 bits per heavy atom. The Labute approximate surface area is 217 Å². The van der Waals surface area contributed by atoms with Crippen LogP contribution in [0.25, 0.3) is 0 Å². The van der Waals surface area contributed by atoms with Gasteiger partial charge in [-0.1, -0.05) is 34.6 Å². The SMILES string of the molecule is CC(C)C(C)(CC(C)(C)C)C(=O)OC1CC(C(O)(C(F)(F)F)C(F)(F)F)CC(C(O)(C(F)(F)F)C(F)(F)F)C1.